The molecule has 0 aliphatic heterocycles. The number of hydrogen-bond acceptors (Lipinski definition) is 7. The molecule has 23 heavy (non-hydrogen) atoms. The third-order valence-corrected chi connectivity index (χ3v) is 3.52. The lowest BCUT2D eigenvalue weighted by atomic mass is 10.1. The number of nitrogens with zero attached hydrogens (tertiary/aromatic N) is 2. The van der Waals surface area contributed by atoms with E-state index < -0.39 is 23.8 Å². The van der Waals surface area contributed by atoms with E-state index in [4.69, 9.17) is 12.9 Å². The Morgan fingerprint density at radius 1 is 1.35 bits per heavy atom. The second-order valence-corrected chi connectivity index (χ2v) is 5.39. The van der Waals surface area contributed by atoms with Crippen molar-refractivity contribution in [2.75, 3.05) is 0 Å². The van der Waals surface area contributed by atoms with Crippen LogP contribution in [0.5, 0.6) is 0 Å². The van der Waals surface area contributed by atoms with Crippen LogP contribution in [0.4, 0.5) is 0 Å². The van der Waals surface area contributed by atoms with Crippen LogP contribution in [0.3, 0.4) is 0 Å². The van der Waals surface area contributed by atoms with Gasteiger partial charge in [0.15, 0.2) is 0 Å². The maximum absolute atomic E-state index is 11.7. The Morgan fingerprint density at radius 3 is 2.57 bits per heavy atom. The molecule has 1 aromatic carbocycles. The maximum atomic E-state index is 11.7. The first-order valence-electron chi connectivity index (χ1n) is 6.38. The smallest absolute Gasteiger partial charge is 0.378 e. The van der Waals surface area contributed by atoms with Gasteiger partial charge in [-0.15, -0.1) is 11.3 Å². The quantitative estimate of drug-likeness (QED) is 0.491. The Bertz CT molecular complexity index is 732. The Balaban J connectivity index is 2.31. The average molecular weight is 330 g/mol. The summed E-state index contributed by atoms with van der Waals surface area (Å²) in [6, 6.07) is 8.32. The van der Waals surface area contributed by atoms with E-state index in [1.165, 1.54) is 16.7 Å². The molecule has 1 N–H and O–H groups in total. The summed E-state index contributed by atoms with van der Waals surface area (Å²) in [6.45, 7) is 1.73. The van der Waals surface area contributed by atoms with Crippen molar-refractivity contribution >= 4 is 37.0 Å². The minimum atomic E-state index is -1.33. The predicted molar refractivity (Wildman–Crippen MR) is 83.1 cm³/mol. The summed E-state index contributed by atoms with van der Waals surface area (Å²) in [7, 11) is 4.89. The Labute approximate surface area is 137 Å². The number of oxime groups is 1. The molecule has 0 aliphatic carbocycles. The van der Waals surface area contributed by atoms with Gasteiger partial charge in [0.05, 0.1) is 5.01 Å². The number of aromatic nitrogens is 1. The highest BCUT2D eigenvalue weighted by Gasteiger charge is 2.25. The van der Waals surface area contributed by atoms with Gasteiger partial charge in [-0.25, -0.2) is 14.6 Å². The number of carbonyl (C=O) groups excluding carboxylic acids is 1. The maximum Gasteiger partial charge on any atom is 0.378 e. The van der Waals surface area contributed by atoms with Gasteiger partial charge in [0.2, 0.25) is 11.8 Å². The van der Waals surface area contributed by atoms with Crippen LogP contribution in [0, 0.1) is 6.92 Å². The van der Waals surface area contributed by atoms with Gasteiger partial charge in [-0.05, 0) is 6.92 Å². The van der Waals surface area contributed by atoms with Crippen molar-refractivity contribution in [2.24, 2.45) is 5.16 Å². The largest absolute Gasteiger partial charge is 0.540 e. The predicted octanol–water partition coefficient (Wildman–Crippen LogP) is 1.62. The highest BCUT2D eigenvalue weighted by Crippen LogP contribution is 2.20. The number of aryl methyl sites for hydroxylation is 1. The Morgan fingerprint density at radius 2 is 2.04 bits per heavy atom. The molecule has 1 aromatic heterocycles. The summed E-state index contributed by atoms with van der Waals surface area (Å²) < 4.78 is 4.18. The zero-order valence-electron chi connectivity index (χ0n) is 12.0. The van der Waals surface area contributed by atoms with Crippen LogP contribution in [0.25, 0.3) is 0 Å². The van der Waals surface area contributed by atoms with E-state index >= 15 is 0 Å². The van der Waals surface area contributed by atoms with E-state index in [1.54, 1.807) is 37.3 Å². The molecule has 9 heteroatoms. The fourth-order valence-electron chi connectivity index (χ4n) is 1.70. The molecule has 7 nitrogen and oxygen atoms in total. The molecular formula is C14H11BN2O5S. The summed E-state index contributed by atoms with van der Waals surface area (Å²) in [6.07, 6.45) is -1.28. The zero-order valence-corrected chi connectivity index (χ0v) is 12.8. The monoisotopic (exact) mass is 330 g/mol. The van der Waals surface area contributed by atoms with Crippen LogP contribution in [-0.2, 0) is 19.1 Å². The topological polar surface area (TPSA) is 98.1 Å². The molecule has 0 fully saturated rings. The van der Waals surface area contributed by atoms with Gasteiger partial charge in [0, 0.05) is 10.9 Å². The fraction of sp³-hybridized carbons (Fsp3) is 0.143. The van der Waals surface area contributed by atoms with Gasteiger partial charge in [-0.2, -0.15) is 0 Å². The zero-order chi connectivity index (χ0) is 16.8. The molecule has 0 unspecified atom stereocenters. The summed E-state index contributed by atoms with van der Waals surface area (Å²) in [4.78, 5) is 32.2. The van der Waals surface area contributed by atoms with Crippen LogP contribution in [0.2, 0.25) is 0 Å². The Hall–Kier alpha value is -2.68. The first-order valence-corrected chi connectivity index (χ1v) is 7.26. The second kappa shape index (κ2) is 7.55. The third-order valence-electron chi connectivity index (χ3n) is 2.75. The van der Waals surface area contributed by atoms with E-state index in [0.29, 0.717) is 10.6 Å². The average Bonchev–Trinajstić information content (AvgIpc) is 2.97. The van der Waals surface area contributed by atoms with Gasteiger partial charge >= 0.3 is 20.0 Å². The van der Waals surface area contributed by atoms with E-state index in [2.05, 4.69) is 14.8 Å². The molecule has 2 radical (unpaired) electrons. The normalized spacial score (nSPS) is 12.5. The van der Waals surface area contributed by atoms with Gasteiger partial charge in [-0.1, -0.05) is 35.5 Å². The first kappa shape index (κ1) is 16.7. The van der Waals surface area contributed by atoms with Crippen LogP contribution in [0.15, 0.2) is 40.9 Å². The van der Waals surface area contributed by atoms with Crippen LogP contribution >= 0.6 is 11.3 Å². The fourth-order valence-corrected chi connectivity index (χ4v) is 2.30. The molecule has 0 saturated heterocycles. The lowest BCUT2D eigenvalue weighted by molar-refractivity contribution is -0.148. The lowest BCUT2D eigenvalue weighted by Crippen LogP contribution is -2.20. The number of thiazole rings is 1. The van der Waals surface area contributed by atoms with Crippen molar-refractivity contribution in [3.8, 4) is 0 Å². The molecule has 1 atom stereocenters. The summed E-state index contributed by atoms with van der Waals surface area (Å²) >= 11 is 1.27. The van der Waals surface area contributed by atoms with E-state index in [9.17, 15) is 14.7 Å². The van der Waals surface area contributed by atoms with Gasteiger partial charge in [0.1, 0.15) is 5.69 Å². The van der Waals surface area contributed by atoms with Crippen LogP contribution < -0.4 is 0 Å². The molecule has 2 rings (SSSR count). The standard InChI is InChI=1S/C14H11BN2O5S/c1-8-16-10(7-23-8)11(13(18)19)17-22-12(14(20)21-15)9-5-3-2-4-6-9/h2-7,12H,1H3,(H,18,19)/b17-11-/t12-/m0/s1. The molecule has 2 aromatic rings. The molecular weight excluding hydrogens is 319 g/mol. The van der Waals surface area contributed by atoms with Crippen LogP contribution in [-0.4, -0.2) is 35.8 Å². The Kier molecular flexibility index (Phi) is 5.48. The van der Waals surface area contributed by atoms with Crippen molar-refractivity contribution in [2.45, 2.75) is 13.0 Å². The molecule has 116 valence electrons. The highest BCUT2D eigenvalue weighted by atomic mass is 32.1. The van der Waals surface area contributed by atoms with Crippen molar-refractivity contribution in [3.05, 3.63) is 52.0 Å². The second-order valence-electron chi connectivity index (χ2n) is 4.33. The molecule has 0 saturated carbocycles. The number of carbonyl (C=O) groups is 2. The molecule has 0 aliphatic rings. The van der Waals surface area contributed by atoms with Crippen molar-refractivity contribution in [1.29, 1.82) is 0 Å². The number of aliphatic carboxylic acids is 1. The molecule has 0 bridgehead atoms. The minimum Gasteiger partial charge on any atom is -0.540 e. The number of hydrogen-bond donors (Lipinski definition) is 1. The van der Waals surface area contributed by atoms with Gasteiger partial charge in [0.25, 0.3) is 0 Å². The van der Waals surface area contributed by atoms with Crippen LogP contribution in [0.1, 0.15) is 22.4 Å². The summed E-state index contributed by atoms with van der Waals surface area (Å²) in [5, 5.41) is 15.0. The number of carboxylic acid groups (broad SMARTS) is 1. The summed E-state index contributed by atoms with van der Waals surface area (Å²) in [5.74, 6) is -2.23. The molecule has 0 amide bonds. The third kappa shape index (κ3) is 4.16. The van der Waals surface area contributed by atoms with E-state index in [-0.39, 0.29) is 5.69 Å². The lowest BCUT2D eigenvalue weighted by Gasteiger charge is -2.13. The molecule has 0 spiro atoms. The minimum absolute atomic E-state index is 0.146. The van der Waals surface area contributed by atoms with E-state index in [1.807, 2.05) is 0 Å². The van der Waals surface area contributed by atoms with E-state index in [0.717, 1.165) is 0 Å². The highest BCUT2D eigenvalue weighted by molar-refractivity contribution is 7.09. The first-order chi connectivity index (χ1) is 11.0. The van der Waals surface area contributed by atoms with Crippen molar-refractivity contribution in [3.63, 3.8) is 0 Å². The van der Waals surface area contributed by atoms with Gasteiger partial charge in [-0.3, -0.25) is 0 Å². The molecule has 1 heterocycles. The number of benzene rings is 1. The van der Waals surface area contributed by atoms with Crippen molar-refractivity contribution < 1.29 is 24.2 Å². The number of rotatable bonds is 6. The SMILES string of the molecule is [B]OC(=O)[C@@H](O/N=C(\C(=O)O)c1csc(C)n1)c1ccccc1. The number of carboxylic acids is 1. The summed E-state index contributed by atoms with van der Waals surface area (Å²) in [5.41, 5.74) is 0.152. The van der Waals surface area contributed by atoms with Crippen molar-refractivity contribution in [1.82, 2.24) is 4.98 Å². The van der Waals surface area contributed by atoms with Gasteiger partial charge < -0.3 is 14.6 Å².